The second-order valence-corrected chi connectivity index (χ2v) is 8.88. The Hall–Kier alpha value is -2.28. The van der Waals surface area contributed by atoms with E-state index in [9.17, 15) is 9.18 Å². The molecule has 5 nitrogen and oxygen atoms in total. The first-order chi connectivity index (χ1) is 13.2. The highest BCUT2D eigenvalue weighted by Gasteiger charge is 2.38. The number of hydrogen-bond acceptors (Lipinski definition) is 5. The van der Waals surface area contributed by atoms with Crippen LogP contribution in [0.5, 0.6) is 0 Å². The van der Waals surface area contributed by atoms with E-state index in [4.69, 9.17) is 0 Å². The molecule has 1 fully saturated rings. The van der Waals surface area contributed by atoms with Crippen molar-refractivity contribution in [2.75, 3.05) is 13.1 Å². The Labute approximate surface area is 169 Å². The highest BCUT2D eigenvalue weighted by Crippen LogP contribution is 2.36. The maximum Gasteiger partial charge on any atom is 0.269 e. The molecule has 1 amide bonds. The first-order valence-corrected chi connectivity index (χ1v) is 10.3. The molecule has 7 heteroatoms. The Morgan fingerprint density at radius 3 is 2.57 bits per heavy atom. The van der Waals surface area contributed by atoms with E-state index in [1.807, 2.05) is 31.7 Å². The molecule has 2 aliphatic rings. The molecule has 1 aromatic heterocycles. The molecule has 1 saturated carbocycles. The van der Waals surface area contributed by atoms with Gasteiger partial charge in [0, 0.05) is 36.0 Å². The number of aliphatic imine (C=N–C) groups is 1. The normalized spacial score (nSPS) is 18.8. The molecule has 0 aromatic carbocycles. The zero-order chi connectivity index (χ0) is 20.5. The average Bonchev–Trinajstić information content (AvgIpc) is 3.23. The summed E-state index contributed by atoms with van der Waals surface area (Å²) in [7, 11) is 0. The maximum absolute atomic E-state index is 13.3. The standard InChI is InChI=1S/C21H27FN4OS/c1-13(2)17(14(3)18(23-5)25-21(4)8-9-21)19(27)26-10-6-15(7-11-26)16-12-24-20(22)28-16/h6,12,25H,5,7-11H2,1-4H3/b18-14-. The van der Waals surface area contributed by atoms with Gasteiger partial charge in [-0.05, 0) is 59.2 Å². The van der Waals surface area contributed by atoms with Crippen molar-refractivity contribution in [1.82, 2.24) is 15.2 Å². The fourth-order valence-electron chi connectivity index (χ4n) is 3.35. The van der Waals surface area contributed by atoms with Gasteiger partial charge >= 0.3 is 0 Å². The largest absolute Gasteiger partial charge is 0.365 e. The molecule has 150 valence electrons. The molecule has 0 bridgehead atoms. The van der Waals surface area contributed by atoms with E-state index >= 15 is 0 Å². The van der Waals surface area contributed by atoms with Gasteiger partial charge in [-0.25, -0.2) is 9.98 Å². The molecule has 1 aliphatic heterocycles. The van der Waals surface area contributed by atoms with Gasteiger partial charge in [0.05, 0.1) is 4.88 Å². The molecule has 3 rings (SSSR count). The van der Waals surface area contributed by atoms with E-state index in [0.717, 1.165) is 45.8 Å². The zero-order valence-corrected chi connectivity index (χ0v) is 17.7. The number of nitrogens with one attached hydrogen (secondary N) is 1. The minimum absolute atomic E-state index is 0.00724. The lowest BCUT2D eigenvalue weighted by atomic mass is 9.99. The summed E-state index contributed by atoms with van der Waals surface area (Å²) in [6, 6.07) is 0. The summed E-state index contributed by atoms with van der Waals surface area (Å²) < 4.78 is 13.2. The van der Waals surface area contributed by atoms with Crippen molar-refractivity contribution in [2.45, 2.75) is 52.5 Å². The predicted octanol–water partition coefficient (Wildman–Crippen LogP) is 4.31. The predicted molar refractivity (Wildman–Crippen MR) is 113 cm³/mol. The summed E-state index contributed by atoms with van der Waals surface area (Å²) in [6.45, 7) is 12.7. The van der Waals surface area contributed by atoms with Crippen molar-refractivity contribution in [1.29, 1.82) is 0 Å². The fraction of sp³-hybridized carbons (Fsp3) is 0.476. The summed E-state index contributed by atoms with van der Waals surface area (Å²) in [5, 5.41) is 3.01. The number of hydrogen-bond donors (Lipinski definition) is 1. The van der Waals surface area contributed by atoms with E-state index in [1.54, 1.807) is 6.20 Å². The second-order valence-electron chi connectivity index (χ2n) is 7.90. The van der Waals surface area contributed by atoms with E-state index < -0.39 is 5.26 Å². The van der Waals surface area contributed by atoms with E-state index in [2.05, 4.69) is 28.9 Å². The summed E-state index contributed by atoms with van der Waals surface area (Å²) in [5.41, 5.74) is 3.56. The van der Waals surface area contributed by atoms with Crippen LogP contribution in [-0.4, -0.2) is 41.1 Å². The second kappa shape index (κ2) is 7.99. The SMILES string of the molecule is C=N/C(NC1(C)CC1)=C(\C)C(C(=O)N1CC=C(c2cnc(F)s2)CC1)=C(C)C. The number of amides is 1. The molecule has 0 unspecified atom stereocenters. The molecular formula is C21H27FN4OS. The van der Waals surface area contributed by atoms with Crippen LogP contribution in [0.4, 0.5) is 4.39 Å². The van der Waals surface area contributed by atoms with Crippen LogP contribution in [0.3, 0.4) is 0 Å². The molecule has 1 aliphatic carbocycles. The average molecular weight is 403 g/mol. The third-order valence-electron chi connectivity index (χ3n) is 5.31. The van der Waals surface area contributed by atoms with Crippen LogP contribution < -0.4 is 5.32 Å². The summed E-state index contributed by atoms with van der Waals surface area (Å²) in [4.78, 5) is 23.8. The molecule has 0 radical (unpaired) electrons. The number of halogens is 1. The minimum Gasteiger partial charge on any atom is -0.365 e. The number of thiazole rings is 1. The number of nitrogens with zero attached hydrogens (tertiary/aromatic N) is 3. The van der Waals surface area contributed by atoms with Gasteiger partial charge in [0.1, 0.15) is 5.82 Å². The number of allylic oxidation sites excluding steroid dienone is 1. The van der Waals surface area contributed by atoms with Gasteiger partial charge in [-0.3, -0.25) is 4.79 Å². The summed E-state index contributed by atoms with van der Waals surface area (Å²) in [6.07, 6.45) is 6.43. The molecule has 2 heterocycles. The summed E-state index contributed by atoms with van der Waals surface area (Å²) in [5.74, 6) is 0.671. The highest BCUT2D eigenvalue weighted by atomic mass is 32.1. The smallest absolute Gasteiger partial charge is 0.269 e. The lowest BCUT2D eigenvalue weighted by molar-refractivity contribution is -0.126. The van der Waals surface area contributed by atoms with E-state index in [1.165, 1.54) is 0 Å². The van der Waals surface area contributed by atoms with Crippen LogP contribution in [0.1, 0.15) is 51.8 Å². The maximum atomic E-state index is 13.3. The molecule has 0 spiro atoms. The van der Waals surface area contributed by atoms with Gasteiger partial charge in [0.2, 0.25) is 0 Å². The van der Waals surface area contributed by atoms with Gasteiger partial charge in [0.15, 0.2) is 0 Å². The van der Waals surface area contributed by atoms with Crippen LogP contribution >= 0.6 is 11.3 Å². The van der Waals surface area contributed by atoms with Crippen LogP contribution in [0.15, 0.2) is 39.8 Å². The van der Waals surface area contributed by atoms with Crippen LogP contribution in [-0.2, 0) is 4.79 Å². The quantitative estimate of drug-likeness (QED) is 0.438. The lowest BCUT2D eigenvalue weighted by Gasteiger charge is -2.28. The zero-order valence-electron chi connectivity index (χ0n) is 16.9. The highest BCUT2D eigenvalue weighted by molar-refractivity contribution is 7.11. The molecule has 28 heavy (non-hydrogen) atoms. The van der Waals surface area contributed by atoms with Crippen molar-refractivity contribution in [3.8, 4) is 0 Å². The van der Waals surface area contributed by atoms with Crippen molar-refractivity contribution in [2.24, 2.45) is 4.99 Å². The minimum atomic E-state index is -0.427. The molecule has 1 N–H and O–H groups in total. The number of carbonyl (C=O) groups is 1. The first kappa shape index (κ1) is 20.5. The van der Waals surface area contributed by atoms with Gasteiger partial charge in [-0.1, -0.05) is 23.0 Å². The van der Waals surface area contributed by atoms with Crippen molar-refractivity contribution in [3.05, 3.63) is 45.0 Å². The lowest BCUT2D eigenvalue weighted by Crippen LogP contribution is -2.37. The Bertz CT molecular complexity index is 888. The summed E-state index contributed by atoms with van der Waals surface area (Å²) >= 11 is 1.04. The Kier molecular flexibility index (Phi) is 5.84. The van der Waals surface area contributed by atoms with E-state index in [0.29, 0.717) is 30.9 Å². The monoisotopic (exact) mass is 402 g/mol. The van der Waals surface area contributed by atoms with Crippen LogP contribution in [0.25, 0.3) is 5.57 Å². The fourth-order valence-corrected chi connectivity index (χ4v) is 4.06. The number of rotatable bonds is 6. The van der Waals surface area contributed by atoms with Gasteiger partial charge in [-0.2, -0.15) is 4.39 Å². The Balaban J connectivity index is 1.80. The third kappa shape index (κ3) is 4.41. The first-order valence-electron chi connectivity index (χ1n) is 9.48. The Morgan fingerprint density at radius 1 is 1.39 bits per heavy atom. The number of aromatic nitrogens is 1. The van der Waals surface area contributed by atoms with Crippen molar-refractivity contribution < 1.29 is 9.18 Å². The van der Waals surface area contributed by atoms with Gasteiger partial charge in [-0.15, -0.1) is 0 Å². The Morgan fingerprint density at radius 2 is 2.11 bits per heavy atom. The molecule has 1 aromatic rings. The topological polar surface area (TPSA) is 57.6 Å². The van der Waals surface area contributed by atoms with Crippen molar-refractivity contribution in [3.63, 3.8) is 0 Å². The van der Waals surface area contributed by atoms with Gasteiger partial charge < -0.3 is 10.2 Å². The molecule has 0 atom stereocenters. The van der Waals surface area contributed by atoms with Gasteiger partial charge in [0.25, 0.3) is 11.2 Å². The van der Waals surface area contributed by atoms with Crippen molar-refractivity contribution >= 4 is 29.5 Å². The van der Waals surface area contributed by atoms with Crippen LogP contribution in [0.2, 0.25) is 0 Å². The molecule has 0 saturated heterocycles. The number of carbonyl (C=O) groups excluding carboxylic acids is 1. The van der Waals surface area contributed by atoms with Crippen LogP contribution in [0, 0.1) is 5.26 Å². The third-order valence-corrected chi connectivity index (χ3v) is 6.17. The van der Waals surface area contributed by atoms with E-state index in [-0.39, 0.29) is 11.4 Å². The molecular weight excluding hydrogens is 375 g/mol.